The van der Waals surface area contributed by atoms with Crippen molar-refractivity contribution in [1.82, 2.24) is 5.32 Å². The molecule has 2 rings (SSSR count). The molecule has 0 aliphatic carbocycles. The second kappa shape index (κ2) is 10.7. The van der Waals surface area contributed by atoms with Crippen LogP contribution in [0.25, 0.3) is 6.08 Å². The van der Waals surface area contributed by atoms with Gasteiger partial charge in [-0.1, -0.05) is 42.5 Å². The molecule has 0 aromatic heterocycles. The second-order valence-electron chi connectivity index (χ2n) is 5.65. The highest BCUT2D eigenvalue weighted by Crippen LogP contribution is 2.34. The summed E-state index contributed by atoms with van der Waals surface area (Å²) in [6.45, 7) is -0.784. The second-order valence-corrected chi connectivity index (χ2v) is 5.65. The molecule has 0 aliphatic heterocycles. The van der Waals surface area contributed by atoms with Crippen LogP contribution in [-0.2, 0) is 11.2 Å². The highest BCUT2D eigenvalue weighted by atomic mass is 19.3. The summed E-state index contributed by atoms with van der Waals surface area (Å²) in [7, 11) is 0. The molecule has 28 heavy (non-hydrogen) atoms. The summed E-state index contributed by atoms with van der Waals surface area (Å²) in [4.78, 5) is 12.3. The fourth-order valence-electron chi connectivity index (χ4n) is 2.50. The van der Waals surface area contributed by atoms with E-state index < -0.39 is 12.5 Å². The zero-order valence-electron chi connectivity index (χ0n) is 15.3. The summed E-state index contributed by atoms with van der Waals surface area (Å²) < 4.78 is 35.4. The first kappa shape index (κ1) is 20.9. The minimum absolute atomic E-state index is 0.110. The minimum atomic E-state index is -3.07. The lowest BCUT2D eigenvalue weighted by atomic mass is 10.1. The molecule has 146 valence electrons. The Bertz CT molecular complexity index is 862. The van der Waals surface area contributed by atoms with Gasteiger partial charge in [-0.15, -0.1) is 0 Å². The molecule has 0 aliphatic rings. The van der Waals surface area contributed by atoms with Crippen LogP contribution in [0.15, 0.2) is 54.1 Å². The van der Waals surface area contributed by atoms with Gasteiger partial charge in [-0.3, -0.25) is 4.79 Å². The smallest absolute Gasteiger partial charge is 0.387 e. The summed E-state index contributed by atoms with van der Waals surface area (Å²) in [5.74, 6) is -0.703. The van der Waals surface area contributed by atoms with Gasteiger partial charge in [0.2, 0.25) is 0 Å². The van der Waals surface area contributed by atoms with Crippen molar-refractivity contribution in [3.8, 4) is 17.6 Å². The van der Waals surface area contributed by atoms with E-state index in [1.165, 1.54) is 18.2 Å². The Labute approximate surface area is 162 Å². The van der Waals surface area contributed by atoms with Crippen molar-refractivity contribution >= 4 is 12.0 Å². The number of halogens is 2. The Morgan fingerprint density at radius 3 is 2.61 bits per heavy atom. The van der Waals surface area contributed by atoms with Crippen LogP contribution in [0.3, 0.4) is 0 Å². The van der Waals surface area contributed by atoms with Gasteiger partial charge in [0, 0.05) is 12.1 Å². The van der Waals surface area contributed by atoms with Gasteiger partial charge in [0.15, 0.2) is 11.5 Å². The molecule has 1 amide bonds. The number of carbonyl (C=O) groups excluding carboxylic acids is 1. The fraction of sp³-hybridized carbons (Fsp3) is 0.238. The molecule has 0 heterocycles. The van der Waals surface area contributed by atoms with Crippen molar-refractivity contribution in [2.75, 3.05) is 13.2 Å². The van der Waals surface area contributed by atoms with Crippen LogP contribution in [0.2, 0.25) is 0 Å². The first-order valence-corrected chi connectivity index (χ1v) is 8.69. The third-order valence-corrected chi connectivity index (χ3v) is 3.72. The lowest BCUT2D eigenvalue weighted by molar-refractivity contribution is -0.117. The summed E-state index contributed by atoms with van der Waals surface area (Å²) >= 11 is 0. The first-order valence-electron chi connectivity index (χ1n) is 8.69. The lowest BCUT2D eigenvalue weighted by Crippen LogP contribution is -2.26. The molecular weight excluding hydrogens is 366 g/mol. The first-order chi connectivity index (χ1) is 13.5. The SMILES string of the molecule is CCOc1cccc(/C=C(\C#N)C(=O)NCCc2ccccc2)c1OC(F)F. The van der Waals surface area contributed by atoms with Crippen molar-refractivity contribution in [3.63, 3.8) is 0 Å². The molecule has 0 saturated heterocycles. The summed E-state index contributed by atoms with van der Waals surface area (Å²) in [5.41, 5.74) is 0.976. The van der Waals surface area contributed by atoms with Crippen molar-refractivity contribution < 1.29 is 23.0 Å². The van der Waals surface area contributed by atoms with E-state index in [-0.39, 0.29) is 29.2 Å². The predicted molar refractivity (Wildman–Crippen MR) is 101 cm³/mol. The molecule has 2 aromatic carbocycles. The van der Waals surface area contributed by atoms with Gasteiger partial charge in [-0.05, 0) is 31.1 Å². The van der Waals surface area contributed by atoms with Crippen LogP contribution < -0.4 is 14.8 Å². The van der Waals surface area contributed by atoms with Crippen molar-refractivity contribution in [3.05, 3.63) is 65.2 Å². The van der Waals surface area contributed by atoms with Gasteiger partial charge in [-0.25, -0.2) is 0 Å². The lowest BCUT2D eigenvalue weighted by Gasteiger charge is -2.14. The third-order valence-electron chi connectivity index (χ3n) is 3.72. The summed E-state index contributed by atoms with van der Waals surface area (Å²) in [6, 6.07) is 15.9. The van der Waals surface area contributed by atoms with E-state index in [0.29, 0.717) is 13.0 Å². The van der Waals surface area contributed by atoms with E-state index in [1.807, 2.05) is 30.3 Å². The summed E-state index contributed by atoms with van der Waals surface area (Å²) in [6.07, 6.45) is 1.81. The van der Waals surface area contributed by atoms with Crippen LogP contribution in [0.5, 0.6) is 11.5 Å². The number of rotatable bonds is 9. The predicted octanol–water partition coefficient (Wildman–Crippen LogP) is 3.95. The average Bonchev–Trinajstić information content (AvgIpc) is 2.68. The molecule has 2 aromatic rings. The number of benzene rings is 2. The minimum Gasteiger partial charge on any atom is -0.490 e. The maximum atomic E-state index is 12.8. The number of nitrogens with one attached hydrogen (secondary N) is 1. The van der Waals surface area contributed by atoms with E-state index in [9.17, 15) is 18.8 Å². The van der Waals surface area contributed by atoms with E-state index in [1.54, 1.807) is 19.1 Å². The molecule has 7 heteroatoms. The van der Waals surface area contributed by atoms with Gasteiger partial charge in [0.1, 0.15) is 11.6 Å². The zero-order chi connectivity index (χ0) is 20.4. The van der Waals surface area contributed by atoms with E-state index in [2.05, 4.69) is 10.1 Å². The van der Waals surface area contributed by atoms with Crippen LogP contribution in [0.1, 0.15) is 18.1 Å². The van der Waals surface area contributed by atoms with Crippen molar-refractivity contribution in [1.29, 1.82) is 5.26 Å². The number of ether oxygens (including phenoxy) is 2. The molecule has 0 unspecified atom stereocenters. The Kier molecular flexibility index (Phi) is 7.97. The largest absolute Gasteiger partial charge is 0.490 e. The normalized spacial score (nSPS) is 11.0. The monoisotopic (exact) mass is 386 g/mol. The van der Waals surface area contributed by atoms with E-state index in [4.69, 9.17) is 4.74 Å². The number of carbonyl (C=O) groups is 1. The van der Waals surface area contributed by atoms with Crippen LogP contribution >= 0.6 is 0 Å². The molecule has 0 spiro atoms. The quantitative estimate of drug-likeness (QED) is 0.523. The van der Waals surface area contributed by atoms with Gasteiger partial charge in [-0.2, -0.15) is 14.0 Å². The highest BCUT2D eigenvalue weighted by molar-refractivity contribution is 6.02. The maximum absolute atomic E-state index is 12.8. The van der Waals surface area contributed by atoms with Crippen LogP contribution in [-0.4, -0.2) is 25.7 Å². The third kappa shape index (κ3) is 6.09. The van der Waals surface area contributed by atoms with Crippen LogP contribution in [0, 0.1) is 11.3 Å². The molecule has 0 radical (unpaired) electrons. The number of amides is 1. The Morgan fingerprint density at radius 2 is 1.96 bits per heavy atom. The van der Waals surface area contributed by atoms with Crippen molar-refractivity contribution in [2.24, 2.45) is 0 Å². The Hall–Kier alpha value is -3.40. The molecular formula is C21H20F2N2O3. The molecule has 5 nitrogen and oxygen atoms in total. The molecule has 0 atom stereocenters. The van der Waals surface area contributed by atoms with Gasteiger partial charge < -0.3 is 14.8 Å². The standard InChI is InChI=1S/C21H20F2N2O3/c1-2-27-18-10-6-9-16(19(18)28-21(22)23)13-17(14-24)20(26)25-12-11-15-7-4-3-5-8-15/h3-10,13,21H,2,11-12H2,1H3,(H,25,26)/b17-13+. The fourth-order valence-corrected chi connectivity index (χ4v) is 2.50. The van der Waals surface area contributed by atoms with Crippen molar-refractivity contribution in [2.45, 2.75) is 20.0 Å². The number of hydrogen-bond donors (Lipinski definition) is 1. The van der Waals surface area contributed by atoms with Gasteiger partial charge in [0.25, 0.3) is 5.91 Å². The topological polar surface area (TPSA) is 71.3 Å². The number of hydrogen-bond acceptors (Lipinski definition) is 4. The number of nitriles is 1. The zero-order valence-corrected chi connectivity index (χ0v) is 15.3. The maximum Gasteiger partial charge on any atom is 0.387 e. The Balaban J connectivity index is 2.17. The molecule has 0 fully saturated rings. The molecule has 1 N–H and O–H groups in total. The van der Waals surface area contributed by atoms with E-state index >= 15 is 0 Å². The molecule has 0 saturated carbocycles. The highest BCUT2D eigenvalue weighted by Gasteiger charge is 2.17. The Morgan fingerprint density at radius 1 is 1.21 bits per heavy atom. The van der Waals surface area contributed by atoms with E-state index in [0.717, 1.165) is 5.56 Å². The summed E-state index contributed by atoms with van der Waals surface area (Å²) in [5, 5.41) is 12.0. The number of para-hydroxylation sites is 1. The van der Waals surface area contributed by atoms with Crippen LogP contribution in [0.4, 0.5) is 8.78 Å². The average molecular weight is 386 g/mol. The number of alkyl halides is 2. The van der Waals surface area contributed by atoms with Gasteiger partial charge in [0.05, 0.1) is 6.61 Å². The van der Waals surface area contributed by atoms with Gasteiger partial charge >= 0.3 is 6.61 Å². The number of nitrogens with zero attached hydrogens (tertiary/aromatic N) is 1. The molecule has 0 bridgehead atoms.